The molecule has 1 saturated carbocycles. The average molecular weight is 421 g/mol. The topological polar surface area (TPSA) is 91.0 Å². The predicted octanol–water partition coefficient (Wildman–Crippen LogP) is 2.41. The SMILES string of the molecule is Cl.NC1(C(=O)O)c2cc(Br)ccc2OC2CC3(CCC21)OCCO3. The minimum absolute atomic E-state index is 0. The third kappa shape index (κ3) is 2.54. The molecule has 4 rings (SSSR count). The van der Waals surface area contributed by atoms with Gasteiger partial charge in [-0.1, -0.05) is 15.9 Å². The quantitative estimate of drug-likeness (QED) is 0.725. The van der Waals surface area contributed by atoms with Crippen molar-refractivity contribution >= 4 is 34.3 Å². The van der Waals surface area contributed by atoms with E-state index in [1.807, 2.05) is 6.07 Å². The highest BCUT2D eigenvalue weighted by atomic mass is 79.9. The molecule has 0 amide bonds. The summed E-state index contributed by atoms with van der Waals surface area (Å²) in [7, 11) is 0. The van der Waals surface area contributed by atoms with E-state index in [4.69, 9.17) is 19.9 Å². The van der Waals surface area contributed by atoms with Gasteiger partial charge in [0, 0.05) is 28.8 Å². The second-order valence-electron chi connectivity index (χ2n) is 6.43. The molecule has 3 N–H and O–H groups in total. The van der Waals surface area contributed by atoms with Crippen LogP contribution in [-0.4, -0.2) is 36.2 Å². The molecule has 1 spiro atoms. The summed E-state index contributed by atoms with van der Waals surface area (Å²) < 4.78 is 18.4. The van der Waals surface area contributed by atoms with Gasteiger partial charge in [0.05, 0.1) is 13.2 Å². The fourth-order valence-electron chi connectivity index (χ4n) is 4.08. The smallest absolute Gasteiger partial charge is 0.328 e. The molecule has 3 unspecified atom stereocenters. The molecule has 2 heterocycles. The molecule has 2 aliphatic heterocycles. The molecule has 2 fully saturated rings. The van der Waals surface area contributed by atoms with Gasteiger partial charge in [-0.3, -0.25) is 0 Å². The van der Waals surface area contributed by atoms with Crippen molar-refractivity contribution in [1.82, 2.24) is 0 Å². The molecule has 1 aromatic rings. The molecule has 0 radical (unpaired) electrons. The van der Waals surface area contributed by atoms with Crippen LogP contribution >= 0.6 is 28.3 Å². The number of benzene rings is 1. The maximum atomic E-state index is 12.1. The number of rotatable bonds is 1. The number of hydrogen-bond acceptors (Lipinski definition) is 5. The van der Waals surface area contributed by atoms with Crippen LogP contribution in [0, 0.1) is 5.92 Å². The zero-order valence-electron chi connectivity index (χ0n) is 12.9. The fraction of sp³-hybridized carbons (Fsp3) is 0.562. The number of aliphatic carboxylic acids is 1. The molecular formula is C16H19BrClNO5. The Balaban J connectivity index is 0.00000169. The Morgan fingerprint density at radius 2 is 2.04 bits per heavy atom. The molecule has 132 valence electrons. The zero-order valence-corrected chi connectivity index (χ0v) is 15.3. The van der Waals surface area contributed by atoms with E-state index in [1.54, 1.807) is 12.1 Å². The standard InChI is InChI=1S/C16H18BrNO5.ClH/c17-9-1-2-12-11(7-9)16(18,14(19)20)10-3-4-15(8-13(10)23-12)21-5-6-22-15;/h1-2,7,10,13H,3-6,8,18H2,(H,19,20);1H. The zero-order chi connectivity index (χ0) is 16.2. The number of hydrogen-bond donors (Lipinski definition) is 2. The molecule has 24 heavy (non-hydrogen) atoms. The van der Waals surface area contributed by atoms with Gasteiger partial charge in [0.25, 0.3) is 0 Å². The lowest BCUT2D eigenvalue weighted by molar-refractivity contribution is -0.212. The second-order valence-corrected chi connectivity index (χ2v) is 7.34. The number of carboxylic acids is 1. The predicted molar refractivity (Wildman–Crippen MR) is 91.3 cm³/mol. The van der Waals surface area contributed by atoms with Gasteiger partial charge in [-0.2, -0.15) is 0 Å². The van der Waals surface area contributed by atoms with Gasteiger partial charge in [-0.25, -0.2) is 4.79 Å². The Hall–Kier alpha value is -0.860. The summed E-state index contributed by atoms with van der Waals surface area (Å²) in [6.07, 6.45) is 1.38. The van der Waals surface area contributed by atoms with Crippen LogP contribution in [0.2, 0.25) is 0 Å². The van der Waals surface area contributed by atoms with Gasteiger partial charge in [0.15, 0.2) is 5.79 Å². The summed E-state index contributed by atoms with van der Waals surface area (Å²) in [5.74, 6) is -1.47. The summed E-state index contributed by atoms with van der Waals surface area (Å²) in [5, 5.41) is 9.87. The van der Waals surface area contributed by atoms with E-state index in [-0.39, 0.29) is 24.4 Å². The first kappa shape index (κ1) is 17.9. The van der Waals surface area contributed by atoms with E-state index in [0.717, 1.165) is 4.47 Å². The third-order valence-electron chi connectivity index (χ3n) is 5.22. The van der Waals surface area contributed by atoms with Crippen molar-refractivity contribution in [3.8, 4) is 5.75 Å². The van der Waals surface area contributed by atoms with Crippen LogP contribution in [0.25, 0.3) is 0 Å². The molecular weight excluding hydrogens is 402 g/mol. The van der Waals surface area contributed by atoms with E-state index in [1.165, 1.54) is 0 Å². The van der Waals surface area contributed by atoms with Crippen molar-refractivity contribution in [2.24, 2.45) is 11.7 Å². The van der Waals surface area contributed by atoms with E-state index in [9.17, 15) is 9.90 Å². The number of nitrogens with two attached hydrogens (primary N) is 1. The number of fused-ring (bicyclic) bond motifs is 2. The molecule has 6 nitrogen and oxygen atoms in total. The van der Waals surface area contributed by atoms with Crippen molar-refractivity contribution < 1.29 is 24.1 Å². The largest absolute Gasteiger partial charge is 0.489 e. The maximum absolute atomic E-state index is 12.1. The minimum Gasteiger partial charge on any atom is -0.489 e. The van der Waals surface area contributed by atoms with E-state index >= 15 is 0 Å². The Morgan fingerprint density at radius 3 is 2.71 bits per heavy atom. The molecule has 1 aromatic carbocycles. The first-order chi connectivity index (χ1) is 10.9. The summed E-state index contributed by atoms with van der Waals surface area (Å²) >= 11 is 3.38. The van der Waals surface area contributed by atoms with Crippen molar-refractivity contribution in [2.75, 3.05) is 13.2 Å². The lowest BCUT2D eigenvalue weighted by atomic mass is 9.67. The van der Waals surface area contributed by atoms with Crippen LogP contribution in [0.1, 0.15) is 24.8 Å². The molecule has 0 aromatic heterocycles. The maximum Gasteiger partial charge on any atom is 0.328 e. The van der Waals surface area contributed by atoms with Gasteiger partial charge in [-0.15, -0.1) is 12.4 Å². The van der Waals surface area contributed by atoms with Crippen molar-refractivity contribution in [3.63, 3.8) is 0 Å². The Morgan fingerprint density at radius 1 is 1.33 bits per heavy atom. The van der Waals surface area contributed by atoms with Crippen LogP contribution in [0.15, 0.2) is 22.7 Å². The Bertz CT molecular complexity index is 666. The number of halogens is 2. The summed E-state index contributed by atoms with van der Waals surface area (Å²) in [6.45, 7) is 1.13. The number of ether oxygens (including phenoxy) is 3. The van der Waals surface area contributed by atoms with Gasteiger partial charge in [-0.05, 0) is 24.6 Å². The first-order valence-electron chi connectivity index (χ1n) is 7.71. The van der Waals surface area contributed by atoms with Gasteiger partial charge in [0.2, 0.25) is 0 Å². The lowest BCUT2D eigenvalue weighted by Gasteiger charge is -2.49. The van der Waals surface area contributed by atoms with Crippen LogP contribution < -0.4 is 10.5 Å². The highest BCUT2D eigenvalue weighted by Crippen LogP contribution is 2.51. The molecule has 8 heteroatoms. The van der Waals surface area contributed by atoms with E-state index < -0.39 is 17.3 Å². The Labute approximate surface area is 154 Å². The van der Waals surface area contributed by atoms with Crippen molar-refractivity contribution in [2.45, 2.75) is 36.7 Å². The van der Waals surface area contributed by atoms with Crippen molar-refractivity contribution in [1.29, 1.82) is 0 Å². The van der Waals surface area contributed by atoms with Crippen molar-refractivity contribution in [3.05, 3.63) is 28.2 Å². The molecule has 0 bridgehead atoms. The van der Waals surface area contributed by atoms with Crippen LogP contribution in [-0.2, 0) is 19.8 Å². The molecule has 3 aliphatic rings. The summed E-state index contributed by atoms with van der Waals surface area (Å²) in [5.41, 5.74) is 5.49. The van der Waals surface area contributed by atoms with Crippen LogP contribution in [0.5, 0.6) is 5.75 Å². The monoisotopic (exact) mass is 419 g/mol. The van der Waals surface area contributed by atoms with Gasteiger partial charge >= 0.3 is 5.97 Å². The summed E-state index contributed by atoms with van der Waals surface area (Å²) in [6, 6.07) is 5.33. The van der Waals surface area contributed by atoms with Gasteiger partial charge in [0.1, 0.15) is 17.4 Å². The summed E-state index contributed by atoms with van der Waals surface area (Å²) in [4.78, 5) is 12.1. The lowest BCUT2D eigenvalue weighted by Crippen LogP contribution is -2.62. The molecule has 1 saturated heterocycles. The highest BCUT2D eigenvalue weighted by molar-refractivity contribution is 9.10. The second kappa shape index (κ2) is 6.14. The highest BCUT2D eigenvalue weighted by Gasteiger charge is 2.58. The van der Waals surface area contributed by atoms with Crippen LogP contribution in [0.4, 0.5) is 0 Å². The van der Waals surface area contributed by atoms with E-state index in [2.05, 4.69) is 15.9 Å². The fourth-order valence-corrected chi connectivity index (χ4v) is 4.44. The molecule has 3 atom stereocenters. The van der Waals surface area contributed by atoms with Gasteiger partial charge < -0.3 is 25.1 Å². The number of carbonyl (C=O) groups is 1. The number of carboxylic acid groups (broad SMARTS) is 1. The average Bonchev–Trinajstić information content (AvgIpc) is 2.96. The molecule has 1 aliphatic carbocycles. The normalized spacial score (nSPS) is 33.1. The third-order valence-corrected chi connectivity index (χ3v) is 5.71. The van der Waals surface area contributed by atoms with E-state index in [0.29, 0.717) is 43.8 Å². The minimum atomic E-state index is -1.47. The Kier molecular flexibility index (Phi) is 4.59. The van der Waals surface area contributed by atoms with Crippen LogP contribution in [0.3, 0.4) is 0 Å². The first-order valence-corrected chi connectivity index (χ1v) is 8.51.